The van der Waals surface area contributed by atoms with E-state index in [9.17, 15) is 5.11 Å². The van der Waals surface area contributed by atoms with Gasteiger partial charge in [0.05, 0.1) is 19.3 Å². The molecule has 0 bridgehead atoms. The number of hydrogen-bond donors (Lipinski definition) is 1. The predicted molar refractivity (Wildman–Crippen MR) is 67.9 cm³/mol. The highest BCUT2D eigenvalue weighted by atomic mass is 32.1. The Bertz CT molecular complexity index is 505. The summed E-state index contributed by atoms with van der Waals surface area (Å²) in [4.78, 5) is 0. The summed E-state index contributed by atoms with van der Waals surface area (Å²) in [5.41, 5.74) is 4.64. The second kappa shape index (κ2) is 4.61. The maximum Gasteiger partial charge on any atom is 0.0830 e. The van der Waals surface area contributed by atoms with E-state index in [1.165, 1.54) is 16.7 Å². The number of ether oxygens (including phenoxy) is 1. The zero-order chi connectivity index (χ0) is 11.7. The van der Waals surface area contributed by atoms with E-state index < -0.39 is 6.10 Å². The molecule has 0 fully saturated rings. The van der Waals surface area contributed by atoms with Gasteiger partial charge < -0.3 is 9.84 Å². The molecule has 1 aromatic heterocycles. The quantitative estimate of drug-likeness (QED) is 0.902. The lowest BCUT2D eigenvalue weighted by Crippen LogP contribution is -2.01. The maximum absolute atomic E-state index is 10.2. The Morgan fingerprint density at radius 3 is 2.94 bits per heavy atom. The third-order valence-corrected chi connectivity index (χ3v) is 3.87. The Balaban J connectivity index is 1.79. The first-order valence-corrected chi connectivity index (χ1v) is 6.66. The molecule has 0 spiro atoms. The second-order valence-corrected chi connectivity index (χ2v) is 5.15. The third-order valence-electron chi connectivity index (χ3n) is 3.14. The molecule has 0 saturated heterocycles. The zero-order valence-corrected chi connectivity index (χ0v) is 10.2. The predicted octanol–water partition coefficient (Wildman–Crippen LogP) is 3.05. The van der Waals surface area contributed by atoms with Crippen molar-refractivity contribution in [2.75, 3.05) is 0 Å². The average Bonchev–Trinajstić information content (AvgIpc) is 2.97. The lowest BCUT2D eigenvalue weighted by Gasteiger charge is -2.11. The number of fused-ring (bicyclic) bond motifs is 1. The van der Waals surface area contributed by atoms with Crippen molar-refractivity contribution in [3.63, 3.8) is 0 Å². The molecule has 1 aliphatic heterocycles. The molecule has 3 rings (SSSR count). The van der Waals surface area contributed by atoms with E-state index in [2.05, 4.69) is 23.6 Å². The minimum absolute atomic E-state index is 0.421. The molecule has 1 aliphatic rings. The van der Waals surface area contributed by atoms with Crippen molar-refractivity contribution < 1.29 is 9.84 Å². The van der Waals surface area contributed by atoms with Gasteiger partial charge in [0.2, 0.25) is 0 Å². The highest BCUT2D eigenvalue weighted by Crippen LogP contribution is 2.26. The van der Waals surface area contributed by atoms with Crippen LogP contribution >= 0.6 is 11.3 Å². The van der Waals surface area contributed by atoms with Crippen LogP contribution in [-0.4, -0.2) is 5.11 Å². The van der Waals surface area contributed by atoms with Crippen LogP contribution in [0.15, 0.2) is 35.0 Å². The molecular weight excluding hydrogens is 232 g/mol. The van der Waals surface area contributed by atoms with Gasteiger partial charge in [-0.25, -0.2) is 0 Å². The lowest BCUT2D eigenvalue weighted by molar-refractivity contribution is 0.134. The number of aliphatic hydroxyl groups is 1. The van der Waals surface area contributed by atoms with Crippen LogP contribution in [0.25, 0.3) is 0 Å². The highest BCUT2D eigenvalue weighted by molar-refractivity contribution is 7.07. The van der Waals surface area contributed by atoms with E-state index in [4.69, 9.17) is 4.74 Å². The van der Waals surface area contributed by atoms with Gasteiger partial charge in [0.25, 0.3) is 0 Å². The first kappa shape index (κ1) is 11.0. The third kappa shape index (κ3) is 2.27. The monoisotopic (exact) mass is 246 g/mol. The number of hydrogen-bond acceptors (Lipinski definition) is 3. The standard InChI is InChI=1S/C14H14O2S/c15-14(5-10-3-4-17-9-10)11-1-2-12-7-16-8-13(12)6-11/h1-4,6,9,14-15H,5,7-8H2. The molecule has 1 aromatic carbocycles. The Morgan fingerprint density at radius 1 is 1.24 bits per heavy atom. The van der Waals surface area contributed by atoms with Crippen LogP contribution < -0.4 is 0 Å². The van der Waals surface area contributed by atoms with E-state index in [-0.39, 0.29) is 0 Å². The van der Waals surface area contributed by atoms with E-state index in [1.807, 2.05) is 11.4 Å². The molecule has 0 amide bonds. The van der Waals surface area contributed by atoms with Gasteiger partial charge in [-0.3, -0.25) is 0 Å². The summed E-state index contributed by atoms with van der Waals surface area (Å²) in [7, 11) is 0. The first-order valence-electron chi connectivity index (χ1n) is 5.71. The fourth-order valence-corrected chi connectivity index (χ4v) is 2.83. The molecule has 3 heteroatoms. The van der Waals surface area contributed by atoms with Crippen LogP contribution in [0, 0.1) is 0 Å². The Morgan fingerprint density at radius 2 is 2.12 bits per heavy atom. The molecule has 2 heterocycles. The van der Waals surface area contributed by atoms with Crippen LogP contribution in [0.3, 0.4) is 0 Å². The van der Waals surface area contributed by atoms with Crippen molar-refractivity contribution in [3.05, 3.63) is 57.3 Å². The molecule has 2 nitrogen and oxygen atoms in total. The molecule has 0 radical (unpaired) electrons. The van der Waals surface area contributed by atoms with Crippen molar-refractivity contribution in [2.45, 2.75) is 25.7 Å². The molecule has 17 heavy (non-hydrogen) atoms. The number of thiophene rings is 1. The molecule has 1 atom stereocenters. The number of aliphatic hydroxyl groups excluding tert-OH is 1. The van der Waals surface area contributed by atoms with Gasteiger partial charge in [-0.2, -0.15) is 11.3 Å². The highest BCUT2D eigenvalue weighted by Gasteiger charge is 2.15. The van der Waals surface area contributed by atoms with Gasteiger partial charge in [0, 0.05) is 6.42 Å². The molecule has 1 N–H and O–H groups in total. The van der Waals surface area contributed by atoms with E-state index >= 15 is 0 Å². The summed E-state index contributed by atoms with van der Waals surface area (Å²) in [5.74, 6) is 0. The van der Waals surface area contributed by atoms with E-state index in [0.717, 1.165) is 5.56 Å². The fraction of sp³-hybridized carbons (Fsp3) is 0.286. The Kier molecular flexibility index (Phi) is 2.97. The molecule has 1 unspecified atom stereocenters. The van der Waals surface area contributed by atoms with Crippen LogP contribution in [0.4, 0.5) is 0 Å². The zero-order valence-electron chi connectivity index (χ0n) is 9.43. The van der Waals surface area contributed by atoms with Crippen LogP contribution in [0.1, 0.15) is 28.4 Å². The topological polar surface area (TPSA) is 29.5 Å². The van der Waals surface area contributed by atoms with Gasteiger partial charge in [-0.05, 0) is 39.1 Å². The van der Waals surface area contributed by atoms with Crippen molar-refractivity contribution in [2.24, 2.45) is 0 Å². The molecule has 0 aliphatic carbocycles. The minimum atomic E-state index is -0.421. The van der Waals surface area contributed by atoms with Gasteiger partial charge in [0.1, 0.15) is 0 Å². The Labute approximate surface area is 104 Å². The van der Waals surface area contributed by atoms with Crippen molar-refractivity contribution >= 4 is 11.3 Å². The number of rotatable bonds is 3. The van der Waals surface area contributed by atoms with Crippen LogP contribution in [-0.2, 0) is 24.4 Å². The minimum Gasteiger partial charge on any atom is -0.388 e. The van der Waals surface area contributed by atoms with Crippen LogP contribution in [0.2, 0.25) is 0 Å². The Hall–Kier alpha value is -1.16. The van der Waals surface area contributed by atoms with Gasteiger partial charge in [0.15, 0.2) is 0 Å². The smallest absolute Gasteiger partial charge is 0.0830 e. The van der Waals surface area contributed by atoms with Crippen molar-refractivity contribution in [1.82, 2.24) is 0 Å². The van der Waals surface area contributed by atoms with E-state index in [0.29, 0.717) is 19.6 Å². The molecule has 88 valence electrons. The van der Waals surface area contributed by atoms with Gasteiger partial charge in [-0.1, -0.05) is 18.2 Å². The van der Waals surface area contributed by atoms with Crippen molar-refractivity contribution in [3.8, 4) is 0 Å². The average molecular weight is 246 g/mol. The summed E-state index contributed by atoms with van der Waals surface area (Å²) in [6.45, 7) is 1.38. The van der Waals surface area contributed by atoms with Crippen LogP contribution in [0.5, 0.6) is 0 Å². The van der Waals surface area contributed by atoms with E-state index in [1.54, 1.807) is 11.3 Å². The summed E-state index contributed by atoms with van der Waals surface area (Å²) < 4.78 is 5.38. The normalized spacial score (nSPS) is 15.8. The lowest BCUT2D eigenvalue weighted by atomic mass is 9.99. The fourth-order valence-electron chi connectivity index (χ4n) is 2.15. The van der Waals surface area contributed by atoms with Gasteiger partial charge >= 0.3 is 0 Å². The van der Waals surface area contributed by atoms with Crippen molar-refractivity contribution in [1.29, 1.82) is 0 Å². The first-order chi connectivity index (χ1) is 8.33. The second-order valence-electron chi connectivity index (χ2n) is 4.37. The molecular formula is C14H14O2S. The summed E-state index contributed by atoms with van der Waals surface area (Å²) in [6.07, 6.45) is 0.263. The molecule has 2 aromatic rings. The SMILES string of the molecule is OC(Cc1ccsc1)c1ccc2c(c1)COC2. The summed E-state index contributed by atoms with van der Waals surface area (Å²) in [6, 6.07) is 8.20. The number of benzene rings is 1. The molecule has 0 saturated carbocycles. The summed E-state index contributed by atoms with van der Waals surface area (Å²) in [5, 5.41) is 14.3. The maximum atomic E-state index is 10.2. The van der Waals surface area contributed by atoms with Gasteiger partial charge in [-0.15, -0.1) is 0 Å². The largest absolute Gasteiger partial charge is 0.388 e. The summed E-state index contributed by atoms with van der Waals surface area (Å²) >= 11 is 1.67.